The lowest BCUT2D eigenvalue weighted by atomic mass is 10.00. The number of hydrogen-bond donors (Lipinski definition) is 1. The molecule has 0 aliphatic carbocycles. The molecule has 0 fully saturated rings. The van der Waals surface area contributed by atoms with Crippen molar-refractivity contribution in [1.82, 2.24) is 5.32 Å². The van der Waals surface area contributed by atoms with Crippen LogP contribution in [0.3, 0.4) is 0 Å². The molecule has 2 heteroatoms. The van der Waals surface area contributed by atoms with E-state index < -0.39 is 0 Å². The Hall–Kier alpha value is -1.15. The van der Waals surface area contributed by atoms with Gasteiger partial charge in [0.25, 0.3) is 0 Å². The van der Waals surface area contributed by atoms with E-state index in [4.69, 9.17) is 0 Å². The predicted molar refractivity (Wildman–Crippen MR) is 71.5 cm³/mol. The highest BCUT2D eigenvalue weighted by Gasteiger charge is 2.13. The van der Waals surface area contributed by atoms with Gasteiger partial charge in [-0.25, -0.2) is 4.39 Å². The zero-order valence-corrected chi connectivity index (χ0v) is 10.6. The van der Waals surface area contributed by atoms with E-state index in [0.29, 0.717) is 0 Å². The average molecular weight is 235 g/mol. The van der Waals surface area contributed by atoms with Crippen LogP contribution >= 0.6 is 0 Å². The normalized spacial score (nSPS) is 12.4. The molecule has 1 aromatic rings. The van der Waals surface area contributed by atoms with Gasteiger partial charge >= 0.3 is 0 Å². The molecule has 0 radical (unpaired) electrons. The van der Waals surface area contributed by atoms with Crippen molar-refractivity contribution in [3.8, 4) is 0 Å². The van der Waals surface area contributed by atoms with Gasteiger partial charge in [0.1, 0.15) is 5.82 Å². The fourth-order valence-electron chi connectivity index (χ4n) is 1.91. The molecule has 0 spiro atoms. The molecule has 0 saturated carbocycles. The van der Waals surface area contributed by atoms with Crippen molar-refractivity contribution in [2.75, 3.05) is 6.54 Å². The minimum Gasteiger partial charge on any atom is -0.310 e. The Balaban J connectivity index is 2.67. The van der Waals surface area contributed by atoms with Crippen molar-refractivity contribution in [3.05, 3.63) is 48.3 Å². The second-order valence-electron chi connectivity index (χ2n) is 4.25. The van der Waals surface area contributed by atoms with Gasteiger partial charge < -0.3 is 5.32 Å². The zero-order chi connectivity index (χ0) is 12.5. The molecule has 1 N–H and O–H groups in total. The van der Waals surface area contributed by atoms with Crippen LogP contribution in [0.4, 0.5) is 4.39 Å². The SMILES string of the molecule is C=CCCCC(NCCC)c1ccccc1F. The minimum absolute atomic E-state index is 0.111. The van der Waals surface area contributed by atoms with Crippen LogP contribution < -0.4 is 5.32 Å². The average Bonchev–Trinajstić information content (AvgIpc) is 2.35. The standard InChI is InChI=1S/C15H22FN/c1-3-5-6-11-15(17-12-4-2)13-9-7-8-10-14(13)16/h3,7-10,15,17H,1,4-6,11-12H2,2H3. The first-order chi connectivity index (χ1) is 8.29. The molecule has 1 rings (SSSR count). The minimum atomic E-state index is -0.111. The fraction of sp³-hybridized carbons (Fsp3) is 0.467. The summed E-state index contributed by atoms with van der Waals surface area (Å²) in [6, 6.07) is 7.16. The zero-order valence-electron chi connectivity index (χ0n) is 10.6. The second kappa shape index (κ2) is 8.02. The van der Waals surface area contributed by atoms with Gasteiger partial charge in [-0.2, -0.15) is 0 Å². The number of halogens is 1. The topological polar surface area (TPSA) is 12.0 Å². The second-order valence-corrected chi connectivity index (χ2v) is 4.25. The molecular weight excluding hydrogens is 213 g/mol. The van der Waals surface area contributed by atoms with Crippen molar-refractivity contribution in [1.29, 1.82) is 0 Å². The molecule has 1 atom stereocenters. The summed E-state index contributed by atoms with van der Waals surface area (Å²) in [4.78, 5) is 0. The van der Waals surface area contributed by atoms with Crippen LogP contribution in [0.15, 0.2) is 36.9 Å². The maximum Gasteiger partial charge on any atom is 0.127 e. The summed E-state index contributed by atoms with van der Waals surface area (Å²) in [5, 5.41) is 3.41. The number of nitrogens with one attached hydrogen (secondary N) is 1. The van der Waals surface area contributed by atoms with E-state index in [-0.39, 0.29) is 11.9 Å². The number of benzene rings is 1. The monoisotopic (exact) mass is 235 g/mol. The molecule has 0 bridgehead atoms. The van der Waals surface area contributed by atoms with Gasteiger partial charge in [0, 0.05) is 11.6 Å². The van der Waals surface area contributed by atoms with Gasteiger partial charge in [0.05, 0.1) is 0 Å². The van der Waals surface area contributed by atoms with Gasteiger partial charge in [-0.3, -0.25) is 0 Å². The summed E-state index contributed by atoms with van der Waals surface area (Å²) in [7, 11) is 0. The first-order valence-electron chi connectivity index (χ1n) is 6.38. The van der Waals surface area contributed by atoms with Gasteiger partial charge in [-0.15, -0.1) is 6.58 Å². The first kappa shape index (κ1) is 13.9. The van der Waals surface area contributed by atoms with Crippen LogP contribution in [-0.2, 0) is 0 Å². The largest absolute Gasteiger partial charge is 0.310 e. The summed E-state index contributed by atoms with van der Waals surface area (Å²) in [6.45, 7) is 6.76. The molecule has 0 amide bonds. The third-order valence-electron chi connectivity index (χ3n) is 2.82. The van der Waals surface area contributed by atoms with E-state index in [2.05, 4.69) is 18.8 Å². The van der Waals surface area contributed by atoms with Crippen molar-refractivity contribution >= 4 is 0 Å². The fourth-order valence-corrected chi connectivity index (χ4v) is 1.91. The third-order valence-corrected chi connectivity index (χ3v) is 2.82. The van der Waals surface area contributed by atoms with Crippen LogP contribution in [0.1, 0.15) is 44.2 Å². The Morgan fingerprint density at radius 2 is 2.18 bits per heavy atom. The number of hydrogen-bond acceptors (Lipinski definition) is 1. The van der Waals surface area contributed by atoms with Crippen LogP contribution in [0.25, 0.3) is 0 Å². The highest BCUT2D eigenvalue weighted by atomic mass is 19.1. The lowest BCUT2D eigenvalue weighted by molar-refractivity contribution is 0.463. The molecule has 0 saturated heterocycles. The van der Waals surface area contributed by atoms with E-state index in [9.17, 15) is 4.39 Å². The quantitative estimate of drug-likeness (QED) is 0.525. The van der Waals surface area contributed by atoms with Crippen LogP contribution in [-0.4, -0.2) is 6.54 Å². The lowest BCUT2D eigenvalue weighted by Crippen LogP contribution is -2.23. The Morgan fingerprint density at radius 3 is 2.82 bits per heavy atom. The highest BCUT2D eigenvalue weighted by Crippen LogP contribution is 2.22. The first-order valence-corrected chi connectivity index (χ1v) is 6.38. The van der Waals surface area contributed by atoms with E-state index >= 15 is 0 Å². The molecule has 0 aliphatic rings. The summed E-state index contributed by atoms with van der Waals surface area (Å²) in [5.74, 6) is -0.111. The molecule has 0 aliphatic heterocycles. The Kier molecular flexibility index (Phi) is 6.56. The molecule has 0 aromatic heterocycles. The van der Waals surface area contributed by atoms with E-state index in [0.717, 1.165) is 37.8 Å². The number of rotatable bonds is 8. The van der Waals surface area contributed by atoms with Crippen molar-refractivity contribution in [2.24, 2.45) is 0 Å². The van der Waals surface area contributed by atoms with Crippen LogP contribution in [0.5, 0.6) is 0 Å². The summed E-state index contributed by atoms with van der Waals surface area (Å²) in [6.07, 6.45) is 5.95. The molecule has 1 aromatic carbocycles. The van der Waals surface area contributed by atoms with Gasteiger partial charge in [-0.05, 0) is 38.3 Å². The van der Waals surface area contributed by atoms with Crippen molar-refractivity contribution in [2.45, 2.75) is 38.6 Å². The van der Waals surface area contributed by atoms with Gasteiger partial charge in [0.2, 0.25) is 0 Å². The summed E-state index contributed by atoms with van der Waals surface area (Å²) >= 11 is 0. The smallest absolute Gasteiger partial charge is 0.127 e. The maximum atomic E-state index is 13.7. The maximum absolute atomic E-state index is 13.7. The molecular formula is C15H22FN. The molecule has 17 heavy (non-hydrogen) atoms. The molecule has 1 nitrogen and oxygen atoms in total. The third kappa shape index (κ3) is 4.70. The van der Waals surface area contributed by atoms with Gasteiger partial charge in [-0.1, -0.05) is 31.2 Å². The van der Waals surface area contributed by atoms with Crippen molar-refractivity contribution < 1.29 is 4.39 Å². The summed E-state index contributed by atoms with van der Waals surface area (Å²) in [5.41, 5.74) is 0.782. The molecule has 1 unspecified atom stereocenters. The van der Waals surface area contributed by atoms with Crippen LogP contribution in [0.2, 0.25) is 0 Å². The van der Waals surface area contributed by atoms with Crippen molar-refractivity contribution in [3.63, 3.8) is 0 Å². The lowest BCUT2D eigenvalue weighted by Gasteiger charge is -2.19. The molecule has 94 valence electrons. The van der Waals surface area contributed by atoms with E-state index in [1.54, 1.807) is 6.07 Å². The predicted octanol–water partition coefficient (Wildman–Crippen LogP) is 4.22. The highest BCUT2D eigenvalue weighted by molar-refractivity contribution is 5.21. The van der Waals surface area contributed by atoms with Crippen LogP contribution in [0, 0.1) is 5.82 Å². The van der Waals surface area contributed by atoms with Gasteiger partial charge in [0.15, 0.2) is 0 Å². The number of unbranched alkanes of at least 4 members (excludes halogenated alkanes) is 1. The van der Waals surface area contributed by atoms with E-state index in [1.807, 2.05) is 18.2 Å². The Labute approximate surface area is 104 Å². The molecule has 0 heterocycles. The summed E-state index contributed by atoms with van der Waals surface area (Å²) < 4.78 is 13.7. The Morgan fingerprint density at radius 1 is 1.41 bits per heavy atom. The van der Waals surface area contributed by atoms with E-state index in [1.165, 1.54) is 6.07 Å². The number of allylic oxidation sites excluding steroid dienone is 1. The Bertz CT molecular complexity index is 335.